The molecule has 0 aliphatic carbocycles. The Morgan fingerprint density at radius 3 is 2.46 bits per heavy atom. The van der Waals surface area contributed by atoms with Crippen molar-refractivity contribution >= 4 is 27.5 Å². The number of nitrogens with two attached hydrogens (primary N) is 2. The van der Waals surface area contributed by atoms with Crippen LogP contribution in [0.5, 0.6) is 0 Å². The fourth-order valence-electron chi connectivity index (χ4n) is 0.618. The van der Waals surface area contributed by atoms with Crippen LogP contribution in [0.1, 0.15) is 6.42 Å². The van der Waals surface area contributed by atoms with Gasteiger partial charge in [0.1, 0.15) is 0 Å². The van der Waals surface area contributed by atoms with Crippen molar-refractivity contribution in [3.8, 4) is 0 Å². The highest BCUT2D eigenvalue weighted by molar-refractivity contribution is 8.76. The van der Waals surface area contributed by atoms with Crippen LogP contribution in [-0.2, 0) is 4.79 Å². The van der Waals surface area contributed by atoms with Crippen molar-refractivity contribution in [2.24, 2.45) is 11.5 Å². The first-order valence-electron chi connectivity index (χ1n) is 4.22. The number of carbonyl (C=O) groups excluding carboxylic acids is 1. The summed E-state index contributed by atoms with van der Waals surface area (Å²) in [6, 6.07) is 0. The van der Waals surface area contributed by atoms with E-state index in [9.17, 15) is 4.79 Å². The van der Waals surface area contributed by atoms with E-state index in [0.717, 1.165) is 11.5 Å². The molecule has 0 aliphatic rings. The Labute approximate surface area is 87.0 Å². The van der Waals surface area contributed by atoms with Gasteiger partial charge in [-0.25, -0.2) is 0 Å². The van der Waals surface area contributed by atoms with Crippen molar-refractivity contribution < 1.29 is 4.79 Å². The highest BCUT2D eigenvalue weighted by Gasteiger charge is 1.97. The Morgan fingerprint density at radius 2 is 1.85 bits per heavy atom. The summed E-state index contributed by atoms with van der Waals surface area (Å²) in [6.45, 7) is 1.83. The van der Waals surface area contributed by atoms with Crippen LogP contribution in [0.25, 0.3) is 0 Å². The number of rotatable bonds is 8. The topological polar surface area (TPSA) is 81.1 Å². The molecular weight excluding hydrogens is 206 g/mol. The molecule has 0 aliphatic heterocycles. The van der Waals surface area contributed by atoms with E-state index in [1.807, 2.05) is 0 Å². The molecule has 0 heterocycles. The van der Waals surface area contributed by atoms with Crippen LogP contribution in [0, 0.1) is 0 Å². The van der Waals surface area contributed by atoms with Crippen molar-refractivity contribution in [2.45, 2.75) is 6.42 Å². The first-order chi connectivity index (χ1) is 6.31. The Bertz CT molecular complexity index is 135. The minimum absolute atomic E-state index is 0.0342. The van der Waals surface area contributed by atoms with Gasteiger partial charge in [0.25, 0.3) is 0 Å². The maximum Gasteiger partial charge on any atom is 0.221 e. The largest absolute Gasteiger partial charge is 0.355 e. The van der Waals surface area contributed by atoms with Crippen molar-refractivity contribution in [1.82, 2.24) is 5.32 Å². The second-order valence-corrected chi connectivity index (χ2v) is 5.02. The van der Waals surface area contributed by atoms with Gasteiger partial charge in [0.05, 0.1) is 0 Å². The van der Waals surface area contributed by atoms with E-state index in [-0.39, 0.29) is 5.91 Å². The Balaban J connectivity index is 3.02. The number of nitrogens with one attached hydrogen (secondary N) is 1. The van der Waals surface area contributed by atoms with Crippen LogP contribution in [0.2, 0.25) is 0 Å². The van der Waals surface area contributed by atoms with Gasteiger partial charge >= 0.3 is 0 Å². The molecule has 0 aromatic rings. The average molecular weight is 223 g/mol. The van der Waals surface area contributed by atoms with Crippen LogP contribution in [0.3, 0.4) is 0 Å². The van der Waals surface area contributed by atoms with Gasteiger partial charge < -0.3 is 16.8 Å². The van der Waals surface area contributed by atoms with Crippen molar-refractivity contribution in [1.29, 1.82) is 0 Å². The molecule has 0 radical (unpaired) electrons. The molecule has 4 nitrogen and oxygen atoms in total. The molecule has 0 saturated carbocycles. The van der Waals surface area contributed by atoms with Gasteiger partial charge in [-0.2, -0.15) is 0 Å². The van der Waals surface area contributed by atoms with E-state index >= 15 is 0 Å². The predicted molar refractivity (Wildman–Crippen MR) is 60.7 cm³/mol. The SMILES string of the molecule is NCCSSCCNC(=O)CCN. The third-order valence-electron chi connectivity index (χ3n) is 1.16. The molecule has 0 unspecified atom stereocenters. The van der Waals surface area contributed by atoms with Crippen LogP contribution in [0.4, 0.5) is 0 Å². The zero-order valence-corrected chi connectivity index (χ0v) is 9.26. The molecule has 0 aromatic carbocycles. The van der Waals surface area contributed by atoms with E-state index in [4.69, 9.17) is 11.5 Å². The second kappa shape index (κ2) is 10.2. The maximum absolute atomic E-state index is 10.9. The second-order valence-electron chi connectivity index (χ2n) is 2.32. The first-order valence-corrected chi connectivity index (χ1v) is 6.71. The number of carbonyl (C=O) groups is 1. The van der Waals surface area contributed by atoms with Gasteiger partial charge in [0, 0.05) is 37.6 Å². The summed E-state index contributed by atoms with van der Waals surface area (Å²) in [4.78, 5) is 10.9. The van der Waals surface area contributed by atoms with Crippen LogP contribution in [-0.4, -0.2) is 37.0 Å². The molecular formula is C7H17N3OS2. The molecule has 6 heteroatoms. The maximum atomic E-state index is 10.9. The molecule has 0 atom stereocenters. The summed E-state index contributed by atoms with van der Waals surface area (Å²) in [5.74, 6) is 1.91. The molecule has 13 heavy (non-hydrogen) atoms. The third-order valence-corrected chi connectivity index (χ3v) is 3.60. The number of amides is 1. The fraction of sp³-hybridized carbons (Fsp3) is 0.857. The predicted octanol–water partition coefficient (Wildman–Crippen LogP) is -0.208. The molecule has 0 rings (SSSR count). The minimum Gasteiger partial charge on any atom is -0.355 e. The van der Waals surface area contributed by atoms with Gasteiger partial charge in [-0.3, -0.25) is 4.79 Å². The summed E-state index contributed by atoms with van der Waals surface area (Å²) in [7, 11) is 3.46. The molecule has 0 aromatic heterocycles. The summed E-state index contributed by atoms with van der Waals surface area (Å²) < 4.78 is 0. The lowest BCUT2D eigenvalue weighted by molar-refractivity contribution is -0.120. The van der Waals surface area contributed by atoms with Gasteiger partial charge in [-0.05, 0) is 0 Å². The van der Waals surface area contributed by atoms with Crippen LogP contribution in [0.15, 0.2) is 0 Å². The van der Waals surface area contributed by atoms with E-state index < -0.39 is 0 Å². The Kier molecular flexibility index (Phi) is 10.2. The highest BCUT2D eigenvalue weighted by atomic mass is 33.1. The van der Waals surface area contributed by atoms with Crippen molar-refractivity contribution in [2.75, 3.05) is 31.1 Å². The number of hydrogen-bond donors (Lipinski definition) is 3. The third kappa shape index (κ3) is 10.0. The fourth-order valence-corrected chi connectivity index (χ4v) is 2.38. The van der Waals surface area contributed by atoms with Gasteiger partial charge in [-0.15, -0.1) is 0 Å². The molecule has 78 valence electrons. The summed E-state index contributed by atoms with van der Waals surface area (Å²) in [5.41, 5.74) is 10.5. The quantitative estimate of drug-likeness (QED) is 0.392. The van der Waals surface area contributed by atoms with Gasteiger partial charge in [0.15, 0.2) is 0 Å². The summed E-state index contributed by atoms with van der Waals surface area (Å²) >= 11 is 0. The van der Waals surface area contributed by atoms with E-state index in [0.29, 0.717) is 26.1 Å². The zero-order valence-electron chi connectivity index (χ0n) is 7.62. The Hall–Kier alpha value is 0.0900. The lowest BCUT2D eigenvalue weighted by Gasteiger charge is -2.02. The summed E-state index contributed by atoms with van der Waals surface area (Å²) in [6.07, 6.45) is 0.417. The van der Waals surface area contributed by atoms with Crippen molar-refractivity contribution in [3.63, 3.8) is 0 Å². The average Bonchev–Trinajstić information content (AvgIpc) is 2.11. The van der Waals surface area contributed by atoms with Gasteiger partial charge in [0.2, 0.25) is 5.91 Å². The molecule has 0 fully saturated rings. The van der Waals surface area contributed by atoms with Crippen LogP contribution >= 0.6 is 21.6 Å². The van der Waals surface area contributed by atoms with E-state index in [1.54, 1.807) is 21.6 Å². The van der Waals surface area contributed by atoms with Crippen molar-refractivity contribution in [3.05, 3.63) is 0 Å². The molecule has 0 spiro atoms. The zero-order chi connectivity index (χ0) is 9.94. The lowest BCUT2D eigenvalue weighted by atomic mass is 10.4. The molecule has 0 bridgehead atoms. The highest BCUT2D eigenvalue weighted by Crippen LogP contribution is 2.18. The van der Waals surface area contributed by atoms with E-state index in [1.165, 1.54) is 0 Å². The van der Waals surface area contributed by atoms with E-state index in [2.05, 4.69) is 5.32 Å². The van der Waals surface area contributed by atoms with Gasteiger partial charge in [-0.1, -0.05) is 21.6 Å². The Morgan fingerprint density at radius 1 is 1.15 bits per heavy atom. The standard InChI is InChI=1S/C7H17N3OS2/c8-2-1-7(11)10-4-6-13-12-5-3-9/h1-6,8-9H2,(H,10,11). The smallest absolute Gasteiger partial charge is 0.221 e. The first kappa shape index (κ1) is 13.1. The molecule has 0 saturated heterocycles. The lowest BCUT2D eigenvalue weighted by Crippen LogP contribution is -2.27. The van der Waals surface area contributed by atoms with Crippen LogP contribution < -0.4 is 16.8 Å². The number of hydrogen-bond acceptors (Lipinski definition) is 5. The monoisotopic (exact) mass is 223 g/mol. The molecule has 5 N–H and O–H groups in total. The minimum atomic E-state index is 0.0342. The normalized spacial score (nSPS) is 10.0. The molecule has 1 amide bonds. The summed E-state index contributed by atoms with van der Waals surface area (Å²) in [5, 5.41) is 2.78.